The molecule has 0 unspecified atom stereocenters. The molecule has 0 spiro atoms. The van der Waals surface area contributed by atoms with Gasteiger partial charge >= 0.3 is 0 Å². The Hall–Kier alpha value is -1.55. The molecule has 0 bridgehead atoms. The van der Waals surface area contributed by atoms with Crippen LogP contribution in [-0.4, -0.2) is 43.5 Å². The summed E-state index contributed by atoms with van der Waals surface area (Å²) >= 11 is 0. The summed E-state index contributed by atoms with van der Waals surface area (Å²) in [5, 5.41) is 3.19. The number of hydrogen-bond acceptors (Lipinski definition) is 3. The van der Waals surface area contributed by atoms with Gasteiger partial charge in [0.25, 0.3) is 0 Å². The first-order chi connectivity index (χ1) is 8.98. The van der Waals surface area contributed by atoms with Gasteiger partial charge in [0.2, 0.25) is 5.91 Å². The molecule has 1 aromatic carbocycles. The van der Waals surface area contributed by atoms with E-state index < -0.39 is 5.54 Å². The van der Waals surface area contributed by atoms with Crippen molar-refractivity contribution in [2.75, 3.05) is 32.1 Å². The standard InChI is InChI=1S/C15H23N3O/c1-15(2)14(19)17(4)9-10-18(15)13-8-6-5-7-12(13)11-16-3/h5-8,16H,9-11H2,1-4H3. The van der Waals surface area contributed by atoms with Crippen LogP contribution < -0.4 is 10.2 Å². The van der Waals surface area contributed by atoms with Crippen molar-refractivity contribution in [1.82, 2.24) is 10.2 Å². The fraction of sp³-hybridized carbons (Fsp3) is 0.533. The first-order valence-corrected chi connectivity index (χ1v) is 6.74. The van der Waals surface area contributed by atoms with Crippen molar-refractivity contribution >= 4 is 11.6 Å². The molecule has 0 aliphatic carbocycles. The van der Waals surface area contributed by atoms with Crippen molar-refractivity contribution in [3.05, 3.63) is 29.8 Å². The minimum absolute atomic E-state index is 0.179. The molecule has 0 saturated carbocycles. The molecule has 104 valence electrons. The number of hydrogen-bond donors (Lipinski definition) is 1. The largest absolute Gasteiger partial charge is 0.355 e. The molecule has 1 aliphatic rings. The zero-order chi connectivity index (χ0) is 14.0. The van der Waals surface area contributed by atoms with Gasteiger partial charge in [0.15, 0.2) is 0 Å². The lowest BCUT2D eigenvalue weighted by molar-refractivity contribution is -0.136. The molecule has 0 radical (unpaired) electrons. The summed E-state index contributed by atoms with van der Waals surface area (Å²) in [4.78, 5) is 16.4. The molecule has 0 aromatic heterocycles. The van der Waals surface area contributed by atoms with E-state index in [9.17, 15) is 4.79 Å². The number of anilines is 1. The summed E-state index contributed by atoms with van der Waals surface area (Å²) in [6.45, 7) is 6.46. The summed E-state index contributed by atoms with van der Waals surface area (Å²) in [6, 6.07) is 8.30. The molecule has 1 fully saturated rings. The predicted molar refractivity (Wildman–Crippen MR) is 78.3 cm³/mol. The molecular formula is C15H23N3O. The number of para-hydroxylation sites is 1. The second kappa shape index (κ2) is 5.21. The number of piperazine rings is 1. The smallest absolute Gasteiger partial charge is 0.247 e. The Kier molecular flexibility index (Phi) is 3.80. The van der Waals surface area contributed by atoms with Gasteiger partial charge < -0.3 is 15.1 Å². The van der Waals surface area contributed by atoms with Gasteiger partial charge in [-0.05, 0) is 32.5 Å². The molecule has 1 heterocycles. The SMILES string of the molecule is CNCc1ccccc1N1CCN(C)C(=O)C1(C)C. The Morgan fingerprint density at radius 1 is 1.26 bits per heavy atom. The molecule has 4 nitrogen and oxygen atoms in total. The van der Waals surface area contributed by atoms with Crippen molar-refractivity contribution in [1.29, 1.82) is 0 Å². The van der Waals surface area contributed by atoms with E-state index in [2.05, 4.69) is 22.3 Å². The highest BCUT2D eigenvalue weighted by Crippen LogP contribution is 2.31. The minimum Gasteiger partial charge on any atom is -0.355 e. The maximum absolute atomic E-state index is 12.4. The van der Waals surface area contributed by atoms with Crippen LogP contribution in [0.25, 0.3) is 0 Å². The number of amides is 1. The number of benzene rings is 1. The molecule has 2 rings (SSSR count). The van der Waals surface area contributed by atoms with E-state index in [4.69, 9.17) is 0 Å². The zero-order valence-electron chi connectivity index (χ0n) is 12.2. The van der Waals surface area contributed by atoms with Crippen LogP contribution in [0.4, 0.5) is 5.69 Å². The van der Waals surface area contributed by atoms with E-state index >= 15 is 0 Å². The lowest BCUT2D eigenvalue weighted by Gasteiger charge is -2.46. The molecule has 19 heavy (non-hydrogen) atoms. The first kappa shape index (κ1) is 13.9. The second-order valence-electron chi connectivity index (χ2n) is 5.60. The highest BCUT2D eigenvalue weighted by molar-refractivity contribution is 5.90. The summed E-state index contributed by atoms with van der Waals surface area (Å²) in [5.41, 5.74) is 1.90. The molecular weight excluding hydrogens is 238 g/mol. The van der Waals surface area contributed by atoms with E-state index in [1.54, 1.807) is 0 Å². The van der Waals surface area contributed by atoms with Crippen molar-refractivity contribution in [3.8, 4) is 0 Å². The monoisotopic (exact) mass is 261 g/mol. The third-order valence-corrected chi connectivity index (χ3v) is 3.85. The Balaban J connectivity index is 2.38. The lowest BCUT2D eigenvalue weighted by Crippen LogP contribution is -2.62. The van der Waals surface area contributed by atoms with Crippen LogP contribution in [0.5, 0.6) is 0 Å². The zero-order valence-corrected chi connectivity index (χ0v) is 12.2. The predicted octanol–water partition coefficient (Wildman–Crippen LogP) is 1.46. The van der Waals surface area contributed by atoms with Crippen molar-refractivity contribution in [2.24, 2.45) is 0 Å². The Morgan fingerprint density at radius 2 is 1.95 bits per heavy atom. The highest BCUT2D eigenvalue weighted by atomic mass is 16.2. The van der Waals surface area contributed by atoms with Gasteiger partial charge in [-0.2, -0.15) is 0 Å². The number of rotatable bonds is 3. The first-order valence-electron chi connectivity index (χ1n) is 6.74. The van der Waals surface area contributed by atoms with Gasteiger partial charge in [0.05, 0.1) is 0 Å². The lowest BCUT2D eigenvalue weighted by atomic mass is 9.95. The average Bonchev–Trinajstić information content (AvgIpc) is 2.38. The van der Waals surface area contributed by atoms with Crippen LogP contribution in [0.2, 0.25) is 0 Å². The van der Waals surface area contributed by atoms with Crippen molar-refractivity contribution < 1.29 is 4.79 Å². The third kappa shape index (κ3) is 2.45. The van der Waals surface area contributed by atoms with Gasteiger partial charge in [0, 0.05) is 32.4 Å². The molecule has 1 N–H and O–H groups in total. The van der Waals surface area contributed by atoms with E-state index in [0.29, 0.717) is 0 Å². The molecule has 1 saturated heterocycles. The van der Waals surface area contributed by atoms with Crippen LogP contribution in [0.1, 0.15) is 19.4 Å². The third-order valence-electron chi connectivity index (χ3n) is 3.85. The highest BCUT2D eigenvalue weighted by Gasteiger charge is 2.40. The van der Waals surface area contributed by atoms with Gasteiger partial charge in [-0.15, -0.1) is 0 Å². The second-order valence-corrected chi connectivity index (χ2v) is 5.60. The summed E-state index contributed by atoms with van der Waals surface area (Å²) in [6.07, 6.45) is 0. The Bertz CT molecular complexity index is 470. The van der Waals surface area contributed by atoms with Crippen LogP contribution in [-0.2, 0) is 11.3 Å². The van der Waals surface area contributed by atoms with Crippen LogP contribution in [0, 0.1) is 0 Å². The summed E-state index contributed by atoms with van der Waals surface area (Å²) in [5.74, 6) is 0.179. The van der Waals surface area contributed by atoms with Crippen LogP contribution in [0.15, 0.2) is 24.3 Å². The molecule has 1 aromatic rings. The maximum atomic E-state index is 12.4. The van der Waals surface area contributed by atoms with Crippen molar-refractivity contribution in [3.63, 3.8) is 0 Å². The van der Waals surface area contributed by atoms with Gasteiger partial charge in [0.1, 0.15) is 5.54 Å². The number of carbonyl (C=O) groups is 1. The number of carbonyl (C=O) groups excluding carboxylic acids is 1. The molecule has 1 aliphatic heterocycles. The quantitative estimate of drug-likeness (QED) is 0.895. The molecule has 4 heteroatoms. The topological polar surface area (TPSA) is 35.6 Å². The van der Waals surface area contributed by atoms with E-state index in [1.165, 1.54) is 5.56 Å². The van der Waals surface area contributed by atoms with E-state index in [1.807, 2.05) is 45.0 Å². The number of likely N-dealkylation sites (N-methyl/N-ethyl adjacent to an activating group) is 1. The molecule has 0 atom stereocenters. The van der Waals surface area contributed by atoms with Gasteiger partial charge in [-0.1, -0.05) is 18.2 Å². The summed E-state index contributed by atoms with van der Waals surface area (Å²) < 4.78 is 0. The average molecular weight is 261 g/mol. The summed E-state index contributed by atoms with van der Waals surface area (Å²) in [7, 11) is 3.82. The van der Waals surface area contributed by atoms with Crippen LogP contribution in [0.3, 0.4) is 0 Å². The Morgan fingerprint density at radius 3 is 2.63 bits per heavy atom. The Labute approximate surface area is 115 Å². The van der Waals surface area contributed by atoms with Crippen LogP contribution >= 0.6 is 0 Å². The number of nitrogens with zero attached hydrogens (tertiary/aromatic N) is 2. The number of nitrogens with one attached hydrogen (secondary N) is 1. The molecule has 1 amide bonds. The fourth-order valence-electron chi connectivity index (χ4n) is 2.75. The minimum atomic E-state index is -0.489. The fourth-order valence-corrected chi connectivity index (χ4v) is 2.75. The normalized spacial score (nSPS) is 18.8. The van der Waals surface area contributed by atoms with Gasteiger partial charge in [-0.3, -0.25) is 4.79 Å². The van der Waals surface area contributed by atoms with E-state index in [0.717, 1.165) is 25.3 Å². The van der Waals surface area contributed by atoms with E-state index in [-0.39, 0.29) is 5.91 Å². The van der Waals surface area contributed by atoms with Crippen molar-refractivity contribution in [2.45, 2.75) is 25.9 Å². The maximum Gasteiger partial charge on any atom is 0.247 e. The van der Waals surface area contributed by atoms with Gasteiger partial charge in [-0.25, -0.2) is 0 Å².